The minimum Gasteiger partial charge on any atom is -0.351 e. The number of aromatic amines is 1. The molecule has 2 N–H and O–H groups in total. The van der Waals surface area contributed by atoms with Gasteiger partial charge in [0.2, 0.25) is 5.91 Å². The molecule has 22 heavy (non-hydrogen) atoms. The first-order valence-corrected chi connectivity index (χ1v) is 7.50. The molecule has 0 radical (unpaired) electrons. The molecule has 7 nitrogen and oxygen atoms in total. The fourth-order valence-electron chi connectivity index (χ4n) is 2.83. The average Bonchev–Trinajstić information content (AvgIpc) is 3.18. The van der Waals surface area contributed by atoms with Crippen molar-refractivity contribution in [1.82, 2.24) is 30.4 Å². The first kappa shape index (κ1) is 14.6. The SMILES string of the molecule is CC(=O)NCc1cncc([C@@H]2CCCN2Cc2ccn[nH]2)n1. The van der Waals surface area contributed by atoms with Crippen molar-refractivity contribution < 1.29 is 4.79 Å². The Kier molecular flexibility index (Phi) is 4.43. The highest BCUT2D eigenvalue weighted by atomic mass is 16.1. The van der Waals surface area contributed by atoms with Crippen molar-refractivity contribution in [3.8, 4) is 0 Å². The van der Waals surface area contributed by atoms with Gasteiger partial charge in [-0.3, -0.25) is 24.8 Å². The van der Waals surface area contributed by atoms with Crippen LogP contribution in [0.5, 0.6) is 0 Å². The van der Waals surface area contributed by atoms with Gasteiger partial charge in [0.05, 0.1) is 36.4 Å². The minimum absolute atomic E-state index is 0.0612. The molecular formula is C15H20N6O. The van der Waals surface area contributed by atoms with Gasteiger partial charge in [-0.1, -0.05) is 0 Å². The fourth-order valence-corrected chi connectivity index (χ4v) is 2.83. The Bertz CT molecular complexity index is 627. The van der Waals surface area contributed by atoms with Gasteiger partial charge in [-0.2, -0.15) is 5.10 Å². The number of nitrogens with zero attached hydrogens (tertiary/aromatic N) is 4. The second-order valence-electron chi connectivity index (χ2n) is 5.56. The predicted molar refractivity (Wildman–Crippen MR) is 80.5 cm³/mol. The summed E-state index contributed by atoms with van der Waals surface area (Å²) in [7, 11) is 0. The molecule has 0 aromatic carbocycles. The molecular weight excluding hydrogens is 280 g/mol. The van der Waals surface area contributed by atoms with E-state index in [1.807, 2.05) is 12.3 Å². The predicted octanol–water partition coefficient (Wildman–Crippen LogP) is 1.17. The number of nitrogens with one attached hydrogen (secondary N) is 2. The smallest absolute Gasteiger partial charge is 0.217 e. The molecule has 2 aromatic rings. The Morgan fingerprint density at radius 2 is 2.41 bits per heavy atom. The Hall–Kier alpha value is -2.28. The van der Waals surface area contributed by atoms with Crippen LogP contribution in [0.3, 0.4) is 0 Å². The monoisotopic (exact) mass is 300 g/mol. The van der Waals surface area contributed by atoms with Crippen molar-refractivity contribution in [3.05, 3.63) is 41.7 Å². The van der Waals surface area contributed by atoms with Crippen LogP contribution < -0.4 is 5.32 Å². The molecule has 0 spiro atoms. The first-order valence-electron chi connectivity index (χ1n) is 7.50. The normalized spacial score (nSPS) is 18.5. The number of H-pyrrole nitrogens is 1. The molecule has 7 heteroatoms. The van der Waals surface area contributed by atoms with Crippen molar-refractivity contribution in [2.75, 3.05) is 6.54 Å². The Morgan fingerprint density at radius 3 is 3.18 bits per heavy atom. The number of hydrogen-bond donors (Lipinski definition) is 2. The van der Waals surface area contributed by atoms with Gasteiger partial charge in [0.1, 0.15) is 0 Å². The molecule has 3 rings (SSSR count). The molecule has 1 atom stereocenters. The summed E-state index contributed by atoms with van der Waals surface area (Å²) in [6, 6.07) is 2.27. The van der Waals surface area contributed by atoms with Crippen LogP contribution >= 0.6 is 0 Å². The number of rotatable bonds is 5. The largest absolute Gasteiger partial charge is 0.351 e. The summed E-state index contributed by atoms with van der Waals surface area (Å²) in [5.74, 6) is -0.0612. The maximum Gasteiger partial charge on any atom is 0.217 e. The maximum atomic E-state index is 11.0. The van der Waals surface area contributed by atoms with Crippen LogP contribution in [0.4, 0.5) is 0 Å². The van der Waals surface area contributed by atoms with Crippen LogP contribution in [-0.4, -0.2) is 37.5 Å². The molecule has 1 saturated heterocycles. The summed E-state index contributed by atoms with van der Waals surface area (Å²) >= 11 is 0. The summed E-state index contributed by atoms with van der Waals surface area (Å²) in [4.78, 5) is 22.3. The highest BCUT2D eigenvalue weighted by Crippen LogP contribution is 2.31. The molecule has 0 aliphatic carbocycles. The molecule has 1 amide bonds. The van der Waals surface area contributed by atoms with Gasteiger partial charge in [0.15, 0.2) is 0 Å². The van der Waals surface area contributed by atoms with E-state index in [0.29, 0.717) is 6.54 Å². The third-order valence-electron chi connectivity index (χ3n) is 3.86. The fraction of sp³-hybridized carbons (Fsp3) is 0.467. The van der Waals surface area contributed by atoms with Crippen LogP contribution in [-0.2, 0) is 17.9 Å². The molecule has 2 aromatic heterocycles. The number of likely N-dealkylation sites (tertiary alicyclic amines) is 1. The van der Waals surface area contributed by atoms with Crippen LogP contribution in [0.2, 0.25) is 0 Å². The number of aromatic nitrogens is 4. The van der Waals surface area contributed by atoms with Gasteiger partial charge in [-0.15, -0.1) is 0 Å². The molecule has 1 aliphatic heterocycles. The number of amides is 1. The van der Waals surface area contributed by atoms with Crippen molar-refractivity contribution >= 4 is 5.91 Å². The van der Waals surface area contributed by atoms with Gasteiger partial charge < -0.3 is 5.32 Å². The van der Waals surface area contributed by atoms with Crippen LogP contribution in [0.1, 0.15) is 42.9 Å². The molecule has 0 saturated carbocycles. The zero-order valence-corrected chi connectivity index (χ0v) is 12.6. The van der Waals surface area contributed by atoms with E-state index in [9.17, 15) is 4.79 Å². The van der Waals surface area contributed by atoms with E-state index in [1.54, 1.807) is 12.4 Å². The lowest BCUT2D eigenvalue weighted by Crippen LogP contribution is -2.25. The number of carbonyl (C=O) groups is 1. The minimum atomic E-state index is -0.0612. The Morgan fingerprint density at radius 1 is 1.50 bits per heavy atom. The van der Waals surface area contributed by atoms with E-state index in [0.717, 1.165) is 43.0 Å². The van der Waals surface area contributed by atoms with E-state index in [2.05, 4.69) is 30.4 Å². The quantitative estimate of drug-likeness (QED) is 0.865. The average molecular weight is 300 g/mol. The topological polar surface area (TPSA) is 86.8 Å². The Balaban J connectivity index is 1.71. The number of carbonyl (C=O) groups excluding carboxylic acids is 1. The highest BCUT2D eigenvalue weighted by molar-refractivity contribution is 5.72. The maximum absolute atomic E-state index is 11.0. The summed E-state index contributed by atoms with van der Waals surface area (Å²) in [6.07, 6.45) is 7.53. The van der Waals surface area contributed by atoms with Crippen LogP contribution in [0, 0.1) is 0 Å². The van der Waals surface area contributed by atoms with E-state index in [4.69, 9.17) is 0 Å². The summed E-state index contributed by atoms with van der Waals surface area (Å²) in [5.41, 5.74) is 2.87. The third kappa shape index (κ3) is 3.48. The van der Waals surface area contributed by atoms with E-state index < -0.39 is 0 Å². The van der Waals surface area contributed by atoms with Gasteiger partial charge >= 0.3 is 0 Å². The molecule has 0 unspecified atom stereocenters. The van der Waals surface area contributed by atoms with Gasteiger partial charge in [-0.05, 0) is 25.5 Å². The van der Waals surface area contributed by atoms with Crippen LogP contribution in [0.25, 0.3) is 0 Å². The second kappa shape index (κ2) is 6.65. The van der Waals surface area contributed by atoms with Crippen LogP contribution in [0.15, 0.2) is 24.7 Å². The van der Waals surface area contributed by atoms with Crippen molar-refractivity contribution in [2.24, 2.45) is 0 Å². The first-order chi connectivity index (χ1) is 10.7. The standard InChI is InChI=1S/C15H20N6O/c1-11(22)17-8-13-7-16-9-14(19-13)15-3-2-6-21(15)10-12-4-5-18-20-12/h4-5,7,9,15H,2-3,6,8,10H2,1H3,(H,17,22)(H,18,20)/t15-/m0/s1. The van der Waals surface area contributed by atoms with Crippen molar-refractivity contribution in [2.45, 2.75) is 38.9 Å². The third-order valence-corrected chi connectivity index (χ3v) is 3.86. The summed E-state index contributed by atoms with van der Waals surface area (Å²) < 4.78 is 0. The zero-order chi connectivity index (χ0) is 15.4. The highest BCUT2D eigenvalue weighted by Gasteiger charge is 2.27. The molecule has 116 valence electrons. The molecule has 1 aliphatic rings. The number of hydrogen-bond acceptors (Lipinski definition) is 5. The second-order valence-corrected chi connectivity index (χ2v) is 5.56. The van der Waals surface area contributed by atoms with E-state index in [-0.39, 0.29) is 11.9 Å². The van der Waals surface area contributed by atoms with Gasteiger partial charge in [0.25, 0.3) is 0 Å². The lowest BCUT2D eigenvalue weighted by atomic mass is 10.1. The zero-order valence-electron chi connectivity index (χ0n) is 12.6. The van der Waals surface area contributed by atoms with Gasteiger partial charge in [-0.25, -0.2) is 0 Å². The van der Waals surface area contributed by atoms with E-state index >= 15 is 0 Å². The summed E-state index contributed by atoms with van der Waals surface area (Å²) in [6.45, 7) is 3.80. The molecule has 1 fully saturated rings. The molecule has 3 heterocycles. The van der Waals surface area contributed by atoms with Crippen molar-refractivity contribution in [3.63, 3.8) is 0 Å². The Labute approximate surface area is 129 Å². The lowest BCUT2D eigenvalue weighted by Gasteiger charge is -2.23. The van der Waals surface area contributed by atoms with Crippen molar-refractivity contribution in [1.29, 1.82) is 0 Å². The summed E-state index contributed by atoms with van der Waals surface area (Å²) in [5, 5.41) is 9.76. The van der Waals surface area contributed by atoms with E-state index in [1.165, 1.54) is 6.92 Å². The van der Waals surface area contributed by atoms with Gasteiger partial charge in [0, 0.05) is 25.4 Å². The molecule has 0 bridgehead atoms. The lowest BCUT2D eigenvalue weighted by molar-refractivity contribution is -0.119.